The van der Waals surface area contributed by atoms with Gasteiger partial charge in [-0.15, -0.1) is 10.2 Å². The number of aryl methyl sites for hydroxylation is 1. The molecule has 0 fully saturated rings. The van der Waals surface area contributed by atoms with Crippen LogP contribution in [0.2, 0.25) is 5.02 Å². The van der Waals surface area contributed by atoms with Crippen LogP contribution in [-0.2, 0) is 6.54 Å². The van der Waals surface area contributed by atoms with E-state index in [1.807, 2.05) is 47.9 Å². The first-order valence-electron chi connectivity index (χ1n) is 7.88. The first-order chi connectivity index (χ1) is 12.6. The van der Waals surface area contributed by atoms with Crippen molar-refractivity contribution in [3.63, 3.8) is 0 Å². The number of para-hydroxylation sites is 1. The summed E-state index contributed by atoms with van der Waals surface area (Å²) in [6.07, 6.45) is 0. The Kier molecular flexibility index (Phi) is 4.36. The van der Waals surface area contributed by atoms with E-state index in [1.54, 1.807) is 12.1 Å². The Balaban J connectivity index is 1.66. The largest absolute Gasteiger partial charge is 0.270 e. The van der Waals surface area contributed by atoms with E-state index in [0.29, 0.717) is 28.0 Å². The first-order valence-corrected chi connectivity index (χ1v) is 8.66. The molecule has 2 heterocycles. The molecule has 1 N–H and O–H groups in total. The minimum Gasteiger partial charge on any atom is -0.270 e. The highest BCUT2D eigenvalue weighted by atomic mass is 35.5. The van der Waals surface area contributed by atoms with Crippen molar-refractivity contribution in [3.8, 4) is 17.1 Å². The highest BCUT2D eigenvalue weighted by Gasteiger charge is 2.13. The maximum atomic E-state index is 5.92. The summed E-state index contributed by atoms with van der Waals surface area (Å²) < 4.78 is 2.41. The summed E-state index contributed by atoms with van der Waals surface area (Å²) in [5.74, 6) is 1.22. The number of benzene rings is 2. The van der Waals surface area contributed by atoms with Crippen LogP contribution >= 0.6 is 23.8 Å². The molecule has 130 valence electrons. The average Bonchev–Trinajstić information content (AvgIpc) is 3.24. The Hall–Kier alpha value is -2.84. The highest BCUT2D eigenvalue weighted by molar-refractivity contribution is 7.71. The van der Waals surface area contributed by atoms with E-state index in [-0.39, 0.29) is 0 Å². The molecule has 26 heavy (non-hydrogen) atoms. The molecule has 9 heteroatoms. The lowest BCUT2D eigenvalue weighted by atomic mass is 10.2. The van der Waals surface area contributed by atoms with Crippen molar-refractivity contribution in [3.05, 3.63) is 69.7 Å². The molecule has 0 spiro atoms. The SMILES string of the molecule is Cc1ccccc1-n1c(Cn2nnc(-c3ccc(Cl)cc3)n2)n[nH]c1=S. The minimum absolute atomic E-state index is 0.335. The zero-order valence-electron chi connectivity index (χ0n) is 13.8. The van der Waals surface area contributed by atoms with Crippen LogP contribution in [0.3, 0.4) is 0 Å². The summed E-state index contributed by atoms with van der Waals surface area (Å²) in [4.78, 5) is 1.49. The molecule has 0 aliphatic heterocycles. The van der Waals surface area contributed by atoms with Crippen LogP contribution in [0.4, 0.5) is 0 Å². The smallest absolute Gasteiger partial charge is 0.204 e. The third-order valence-corrected chi connectivity index (χ3v) is 4.46. The van der Waals surface area contributed by atoms with E-state index in [1.165, 1.54) is 4.80 Å². The predicted molar refractivity (Wildman–Crippen MR) is 101 cm³/mol. The number of aromatic nitrogens is 7. The second kappa shape index (κ2) is 6.81. The predicted octanol–water partition coefficient (Wildman–Crippen LogP) is 3.59. The standard InChI is InChI=1S/C17H14ClN7S/c1-11-4-2-3-5-14(11)25-15(19-21-17(25)26)10-24-22-16(20-23-24)12-6-8-13(18)9-7-12/h2-9H,10H2,1H3,(H,21,26). The molecule has 2 aromatic heterocycles. The zero-order valence-corrected chi connectivity index (χ0v) is 15.4. The molecule has 0 bridgehead atoms. The number of tetrazole rings is 1. The summed E-state index contributed by atoms with van der Waals surface area (Å²) >= 11 is 11.3. The first kappa shape index (κ1) is 16.6. The number of hydrogen-bond donors (Lipinski definition) is 1. The molecule has 4 rings (SSSR count). The van der Waals surface area contributed by atoms with Gasteiger partial charge in [0.25, 0.3) is 0 Å². The van der Waals surface area contributed by atoms with Crippen molar-refractivity contribution in [2.75, 3.05) is 0 Å². The fourth-order valence-corrected chi connectivity index (χ4v) is 3.02. The van der Waals surface area contributed by atoms with Crippen LogP contribution < -0.4 is 0 Å². The fraction of sp³-hybridized carbons (Fsp3) is 0.118. The Morgan fingerprint density at radius 1 is 1.12 bits per heavy atom. The zero-order chi connectivity index (χ0) is 18.1. The second-order valence-corrected chi connectivity index (χ2v) is 6.54. The molecular formula is C17H14ClN7S. The normalized spacial score (nSPS) is 11.0. The van der Waals surface area contributed by atoms with Gasteiger partial charge in [-0.1, -0.05) is 29.8 Å². The molecule has 0 atom stereocenters. The maximum absolute atomic E-state index is 5.92. The number of H-pyrrole nitrogens is 1. The number of nitrogens with one attached hydrogen (secondary N) is 1. The minimum atomic E-state index is 0.335. The number of rotatable bonds is 4. The summed E-state index contributed by atoms with van der Waals surface area (Å²) in [6.45, 7) is 2.36. The van der Waals surface area contributed by atoms with Gasteiger partial charge in [0, 0.05) is 10.6 Å². The molecule has 0 saturated carbocycles. The topological polar surface area (TPSA) is 77.2 Å². The lowest BCUT2D eigenvalue weighted by Crippen LogP contribution is -2.11. The highest BCUT2D eigenvalue weighted by Crippen LogP contribution is 2.18. The molecular weight excluding hydrogens is 370 g/mol. The number of halogens is 1. The molecule has 0 aliphatic rings. The van der Waals surface area contributed by atoms with Gasteiger partial charge in [-0.3, -0.25) is 9.67 Å². The number of aromatic amines is 1. The quantitative estimate of drug-likeness (QED) is 0.545. The summed E-state index contributed by atoms with van der Waals surface area (Å²) in [5.41, 5.74) is 2.91. The van der Waals surface area contributed by atoms with Gasteiger partial charge in [0.2, 0.25) is 5.82 Å². The molecule has 4 aromatic rings. The van der Waals surface area contributed by atoms with Gasteiger partial charge < -0.3 is 0 Å². The van der Waals surface area contributed by atoms with Crippen molar-refractivity contribution in [1.29, 1.82) is 0 Å². The summed E-state index contributed by atoms with van der Waals surface area (Å²) in [6, 6.07) is 15.3. The molecule has 0 aliphatic carbocycles. The Bertz CT molecular complexity index is 1110. The number of hydrogen-bond acceptors (Lipinski definition) is 5. The van der Waals surface area contributed by atoms with Gasteiger partial charge >= 0.3 is 0 Å². The van der Waals surface area contributed by atoms with Crippen LogP contribution in [-0.4, -0.2) is 35.0 Å². The molecule has 0 radical (unpaired) electrons. The third-order valence-electron chi connectivity index (χ3n) is 3.94. The monoisotopic (exact) mass is 383 g/mol. The van der Waals surface area contributed by atoms with E-state index in [0.717, 1.165) is 16.8 Å². The van der Waals surface area contributed by atoms with Crippen molar-refractivity contribution < 1.29 is 0 Å². The van der Waals surface area contributed by atoms with E-state index in [9.17, 15) is 0 Å². The van der Waals surface area contributed by atoms with Gasteiger partial charge in [-0.05, 0) is 60.3 Å². The van der Waals surface area contributed by atoms with Crippen molar-refractivity contribution in [1.82, 2.24) is 35.0 Å². The Labute approximate surface area is 159 Å². The van der Waals surface area contributed by atoms with E-state index < -0.39 is 0 Å². The van der Waals surface area contributed by atoms with Gasteiger partial charge in [0.05, 0.1) is 5.69 Å². The van der Waals surface area contributed by atoms with Crippen LogP contribution in [0, 0.1) is 11.7 Å². The van der Waals surface area contributed by atoms with Gasteiger partial charge in [0.1, 0.15) is 6.54 Å². The van der Waals surface area contributed by atoms with Crippen LogP contribution in [0.1, 0.15) is 11.4 Å². The van der Waals surface area contributed by atoms with E-state index >= 15 is 0 Å². The number of nitrogens with zero attached hydrogens (tertiary/aromatic N) is 6. The molecule has 2 aromatic carbocycles. The lowest BCUT2D eigenvalue weighted by Gasteiger charge is -2.09. The lowest BCUT2D eigenvalue weighted by molar-refractivity contribution is 0.548. The van der Waals surface area contributed by atoms with E-state index in [2.05, 4.69) is 25.6 Å². The Morgan fingerprint density at radius 3 is 2.65 bits per heavy atom. The average molecular weight is 384 g/mol. The summed E-state index contributed by atoms with van der Waals surface area (Å²) in [5, 5.41) is 20.5. The molecule has 0 saturated heterocycles. The van der Waals surface area contributed by atoms with Gasteiger partial charge in [0.15, 0.2) is 10.6 Å². The van der Waals surface area contributed by atoms with Crippen LogP contribution in [0.5, 0.6) is 0 Å². The van der Waals surface area contributed by atoms with Crippen molar-refractivity contribution >= 4 is 23.8 Å². The molecule has 0 amide bonds. The summed E-state index contributed by atoms with van der Waals surface area (Å²) in [7, 11) is 0. The van der Waals surface area contributed by atoms with Crippen molar-refractivity contribution in [2.24, 2.45) is 0 Å². The molecule has 7 nitrogen and oxygen atoms in total. The van der Waals surface area contributed by atoms with Gasteiger partial charge in [-0.25, -0.2) is 0 Å². The maximum Gasteiger partial charge on any atom is 0.204 e. The van der Waals surface area contributed by atoms with Crippen molar-refractivity contribution in [2.45, 2.75) is 13.5 Å². The second-order valence-electron chi connectivity index (χ2n) is 5.72. The third kappa shape index (κ3) is 3.16. The fourth-order valence-electron chi connectivity index (χ4n) is 2.65. The Morgan fingerprint density at radius 2 is 1.88 bits per heavy atom. The van der Waals surface area contributed by atoms with Crippen LogP contribution in [0.15, 0.2) is 48.5 Å². The van der Waals surface area contributed by atoms with E-state index in [4.69, 9.17) is 23.8 Å². The van der Waals surface area contributed by atoms with Gasteiger partial charge in [-0.2, -0.15) is 9.90 Å². The molecule has 0 unspecified atom stereocenters. The van der Waals surface area contributed by atoms with Crippen LogP contribution in [0.25, 0.3) is 17.1 Å².